The molecule has 0 aromatic carbocycles. The Morgan fingerprint density at radius 1 is 1.27 bits per heavy atom. The molecular formula is C12H24N2O. The molecular weight excluding hydrogens is 188 g/mol. The smallest absolute Gasteiger partial charge is 0.0524 e. The quantitative estimate of drug-likeness (QED) is 0.754. The first kappa shape index (κ1) is 11.4. The first-order valence-corrected chi connectivity index (χ1v) is 6.40. The maximum atomic E-state index is 9.28. The zero-order valence-electron chi connectivity index (χ0n) is 9.86. The van der Waals surface area contributed by atoms with Crippen molar-refractivity contribution in [2.45, 2.75) is 44.8 Å². The fourth-order valence-electron chi connectivity index (χ4n) is 2.79. The van der Waals surface area contributed by atoms with Gasteiger partial charge < -0.3 is 10.0 Å². The molecule has 2 rings (SSSR count). The normalized spacial score (nSPS) is 31.2. The molecule has 3 nitrogen and oxygen atoms in total. The van der Waals surface area contributed by atoms with E-state index in [2.05, 4.69) is 9.80 Å². The Labute approximate surface area is 93.1 Å². The van der Waals surface area contributed by atoms with Gasteiger partial charge in [-0.1, -0.05) is 6.42 Å². The molecule has 0 aromatic heterocycles. The molecule has 0 bridgehead atoms. The molecule has 2 atom stereocenters. The third kappa shape index (κ3) is 3.16. The van der Waals surface area contributed by atoms with E-state index in [0.717, 1.165) is 19.0 Å². The molecule has 0 saturated carbocycles. The topological polar surface area (TPSA) is 26.7 Å². The van der Waals surface area contributed by atoms with Crippen LogP contribution in [0.4, 0.5) is 0 Å². The highest BCUT2D eigenvalue weighted by molar-refractivity contribution is 4.85. The van der Waals surface area contributed by atoms with E-state index in [-0.39, 0.29) is 6.10 Å². The Bertz CT molecular complexity index is 196. The maximum absolute atomic E-state index is 9.28. The summed E-state index contributed by atoms with van der Waals surface area (Å²) in [6.45, 7) is 7.94. The average molecular weight is 212 g/mol. The zero-order chi connectivity index (χ0) is 10.7. The summed E-state index contributed by atoms with van der Waals surface area (Å²) in [6.07, 6.45) is 4.96. The molecule has 2 unspecified atom stereocenters. The molecule has 2 aliphatic heterocycles. The van der Waals surface area contributed by atoms with E-state index < -0.39 is 0 Å². The Morgan fingerprint density at radius 2 is 2.13 bits per heavy atom. The lowest BCUT2D eigenvalue weighted by Crippen LogP contribution is -2.54. The second-order valence-corrected chi connectivity index (χ2v) is 5.12. The fourth-order valence-corrected chi connectivity index (χ4v) is 2.79. The first-order chi connectivity index (χ1) is 7.25. The van der Waals surface area contributed by atoms with E-state index in [1.807, 2.05) is 6.92 Å². The minimum atomic E-state index is -0.144. The summed E-state index contributed by atoms with van der Waals surface area (Å²) in [6, 6.07) is 0.807. The van der Waals surface area contributed by atoms with Gasteiger partial charge in [-0.15, -0.1) is 0 Å². The molecule has 15 heavy (non-hydrogen) atoms. The Hall–Kier alpha value is -0.120. The minimum Gasteiger partial charge on any atom is -0.393 e. The van der Waals surface area contributed by atoms with Crippen LogP contribution in [0.5, 0.6) is 0 Å². The fraction of sp³-hybridized carbons (Fsp3) is 1.00. The van der Waals surface area contributed by atoms with Gasteiger partial charge in [0.15, 0.2) is 0 Å². The summed E-state index contributed by atoms with van der Waals surface area (Å²) >= 11 is 0. The van der Waals surface area contributed by atoms with Gasteiger partial charge in [0.25, 0.3) is 0 Å². The van der Waals surface area contributed by atoms with Crippen LogP contribution in [0.3, 0.4) is 0 Å². The number of nitrogens with zero attached hydrogens (tertiary/aromatic N) is 2. The van der Waals surface area contributed by atoms with Gasteiger partial charge in [-0.2, -0.15) is 0 Å². The summed E-state index contributed by atoms with van der Waals surface area (Å²) in [5, 5.41) is 9.28. The molecule has 2 heterocycles. The molecule has 0 amide bonds. The van der Waals surface area contributed by atoms with Crippen LogP contribution in [0, 0.1) is 0 Å². The van der Waals surface area contributed by atoms with Crippen molar-refractivity contribution in [2.24, 2.45) is 0 Å². The molecule has 2 aliphatic rings. The van der Waals surface area contributed by atoms with Crippen molar-refractivity contribution in [3.05, 3.63) is 0 Å². The van der Waals surface area contributed by atoms with Crippen molar-refractivity contribution < 1.29 is 5.11 Å². The minimum absolute atomic E-state index is 0.144. The van der Waals surface area contributed by atoms with Gasteiger partial charge in [-0.3, -0.25) is 4.90 Å². The van der Waals surface area contributed by atoms with E-state index in [1.165, 1.54) is 45.4 Å². The van der Waals surface area contributed by atoms with Gasteiger partial charge in [-0.25, -0.2) is 0 Å². The van der Waals surface area contributed by atoms with E-state index in [1.54, 1.807) is 0 Å². The molecule has 0 aromatic rings. The summed E-state index contributed by atoms with van der Waals surface area (Å²) < 4.78 is 0. The van der Waals surface area contributed by atoms with Gasteiger partial charge in [0, 0.05) is 32.2 Å². The molecule has 88 valence electrons. The van der Waals surface area contributed by atoms with Gasteiger partial charge in [0.1, 0.15) is 0 Å². The van der Waals surface area contributed by atoms with E-state index in [4.69, 9.17) is 0 Å². The summed E-state index contributed by atoms with van der Waals surface area (Å²) in [5.74, 6) is 0. The van der Waals surface area contributed by atoms with Crippen LogP contribution in [0.1, 0.15) is 32.6 Å². The highest BCUT2D eigenvalue weighted by atomic mass is 16.3. The summed E-state index contributed by atoms with van der Waals surface area (Å²) in [5.41, 5.74) is 0. The third-order valence-electron chi connectivity index (χ3n) is 3.78. The Morgan fingerprint density at radius 3 is 2.93 bits per heavy atom. The number of aliphatic hydroxyl groups excluding tert-OH is 1. The van der Waals surface area contributed by atoms with Gasteiger partial charge in [0.2, 0.25) is 0 Å². The van der Waals surface area contributed by atoms with Crippen LogP contribution < -0.4 is 0 Å². The largest absolute Gasteiger partial charge is 0.393 e. The highest BCUT2D eigenvalue weighted by Gasteiger charge is 2.28. The second kappa shape index (κ2) is 5.28. The lowest BCUT2D eigenvalue weighted by atomic mass is 9.99. The first-order valence-electron chi connectivity index (χ1n) is 6.40. The third-order valence-corrected chi connectivity index (χ3v) is 3.78. The molecule has 2 saturated heterocycles. The number of hydrogen-bond donors (Lipinski definition) is 1. The van der Waals surface area contributed by atoms with Gasteiger partial charge >= 0.3 is 0 Å². The van der Waals surface area contributed by atoms with E-state index in [9.17, 15) is 5.11 Å². The van der Waals surface area contributed by atoms with Crippen molar-refractivity contribution in [3.63, 3.8) is 0 Å². The standard InChI is InChI=1S/C12H24N2O/c1-11(15)5-7-13-8-9-14-6-3-2-4-12(14)10-13/h11-12,15H,2-10H2,1H3. The molecule has 2 fully saturated rings. The second-order valence-electron chi connectivity index (χ2n) is 5.12. The van der Waals surface area contributed by atoms with Gasteiger partial charge in [-0.05, 0) is 32.7 Å². The van der Waals surface area contributed by atoms with E-state index in [0.29, 0.717) is 0 Å². The average Bonchev–Trinajstić information content (AvgIpc) is 2.26. The SMILES string of the molecule is CC(O)CCN1CCN2CCCCC2C1. The highest BCUT2D eigenvalue weighted by Crippen LogP contribution is 2.21. The number of piperidine rings is 1. The van der Waals surface area contributed by atoms with Crippen molar-refractivity contribution >= 4 is 0 Å². The van der Waals surface area contributed by atoms with Crippen molar-refractivity contribution in [1.29, 1.82) is 0 Å². The number of aliphatic hydroxyl groups is 1. The van der Waals surface area contributed by atoms with Crippen LogP contribution in [0.2, 0.25) is 0 Å². The van der Waals surface area contributed by atoms with Crippen LogP contribution in [0.25, 0.3) is 0 Å². The molecule has 0 radical (unpaired) electrons. The lowest BCUT2D eigenvalue weighted by molar-refractivity contribution is 0.0421. The van der Waals surface area contributed by atoms with Crippen molar-refractivity contribution in [3.8, 4) is 0 Å². The van der Waals surface area contributed by atoms with E-state index >= 15 is 0 Å². The number of rotatable bonds is 3. The van der Waals surface area contributed by atoms with Crippen molar-refractivity contribution in [2.75, 3.05) is 32.7 Å². The number of piperazine rings is 1. The zero-order valence-corrected chi connectivity index (χ0v) is 9.86. The van der Waals surface area contributed by atoms with Gasteiger partial charge in [0.05, 0.1) is 6.10 Å². The predicted molar refractivity (Wildman–Crippen MR) is 61.9 cm³/mol. The molecule has 0 spiro atoms. The van der Waals surface area contributed by atoms with Crippen molar-refractivity contribution in [1.82, 2.24) is 9.80 Å². The Kier molecular flexibility index (Phi) is 4.00. The molecule has 0 aliphatic carbocycles. The lowest BCUT2D eigenvalue weighted by Gasteiger charge is -2.44. The summed E-state index contributed by atoms with van der Waals surface area (Å²) in [7, 11) is 0. The predicted octanol–water partition coefficient (Wildman–Crippen LogP) is 0.927. The maximum Gasteiger partial charge on any atom is 0.0524 e. The number of hydrogen-bond acceptors (Lipinski definition) is 3. The number of fused-ring (bicyclic) bond motifs is 1. The molecule has 3 heteroatoms. The molecule has 1 N–H and O–H groups in total. The Balaban J connectivity index is 1.75. The summed E-state index contributed by atoms with van der Waals surface area (Å²) in [4.78, 5) is 5.18. The monoisotopic (exact) mass is 212 g/mol. The van der Waals surface area contributed by atoms with Crippen LogP contribution >= 0.6 is 0 Å². The van der Waals surface area contributed by atoms with Crippen LogP contribution in [-0.2, 0) is 0 Å². The van der Waals surface area contributed by atoms with Crippen LogP contribution in [0.15, 0.2) is 0 Å². The van der Waals surface area contributed by atoms with Crippen LogP contribution in [-0.4, -0.2) is 59.8 Å².